The van der Waals surface area contributed by atoms with Crippen molar-refractivity contribution in [3.8, 4) is 10.8 Å². The second-order valence-electron chi connectivity index (χ2n) is 4.75. The fraction of sp³-hybridized carbons (Fsp3) is 0.286. The Bertz CT molecular complexity index is 839. The van der Waals surface area contributed by atoms with Crippen molar-refractivity contribution in [1.82, 2.24) is 14.5 Å². The number of hydrogen-bond donors (Lipinski definition) is 0. The standard InChI is InChI=1S/C14H15N3O3S3/c1-2-7-17(23(18,19)13-6-4-9-22-13)10-12-15-16-14(20-12)11-5-3-8-21-11/h3-6,8-9H,2,7,10H2,1H3. The molecule has 3 rings (SSSR count). The van der Waals surface area contributed by atoms with E-state index in [1.807, 2.05) is 24.4 Å². The second kappa shape index (κ2) is 6.91. The van der Waals surface area contributed by atoms with Gasteiger partial charge in [0.15, 0.2) is 0 Å². The zero-order valence-electron chi connectivity index (χ0n) is 12.4. The van der Waals surface area contributed by atoms with Gasteiger partial charge >= 0.3 is 0 Å². The Morgan fingerprint density at radius 3 is 2.61 bits per heavy atom. The molecular formula is C14H15N3O3S3. The smallest absolute Gasteiger partial charge is 0.257 e. The molecule has 0 bridgehead atoms. The van der Waals surface area contributed by atoms with Gasteiger partial charge in [-0.3, -0.25) is 0 Å². The summed E-state index contributed by atoms with van der Waals surface area (Å²) < 4.78 is 32.6. The predicted molar refractivity (Wildman–Crippen MR) is 89.8 cm³/mol. The summed E-state index contributed by atoms with van der Waals surface area (Å²) in [4.78, 5) is 0.868. The van der Waals surface area contributed by atoms with Crippen molar-refractivity contribution >= 4 is 32.7 Å². The van der Waals surface area contributed by atoms with Crippen LogP contribution < -0.4 is 0 Å². The van der Waals surface area contributed by atoms with E-state index in [1.54, 1.807) is 17.5 Å². The first-order chi connectivity index (χ1) is 11.1. The van der Waals surface area contributed by atoms with E-state index in [9.17, 15) is 8.42 Å². The largest absolute Gasteiger partial charge is 0.418 e. The van der Waals surface area contributed by atoms with E-state index in [0.717, 1.165) is 4.88 Å². The number of rotatable bonds is 7. The average molecular weight is 369 g/mol. The van der Waals surface area contributed by atoms with Crippen LogP contribution in [-0.2, 0) is 16.6 Å². The monoisotopic (exact) mass is 369 g/mol. The van der Waals surface area contributed by atoms with Crippen molar-refractivity contribution in [3.63, 3.8) is 0 Å². The normalized spacial score (nSPS) is 12.1. The van der Waals surface area contributed by atoms with Crippen molar-refractivity contribution < 1.29 is 12.8 Å². The van der Waals surface area contributed by atoms with Crippen molar-refractivity contribution in [3.05, 3.63) is 40.9 Å². The van der Waals surface area contributed by atoms with E-state index in [0.29, 0.717) is 29.0 Å². The second-order valence-corrected chi connectivity index (χ2v) is 8.81. The summed E-state index contributed by atoms with van der Waals surface area (Å²) in [7, 11) is -3.54. The first kappa shape index (κ1) is 16.3. The van der Waals surface area contributed by atoms with E-state index in [-0.39, 0.29) is 6.54 Å². The molecule has 0 atom stereocenters. The lowest BCUT2D eigenvalue weighted by Gasteiger charge is -2.18. The van der Waals surface area contributed by atoms with Gasteiger partial charge in [0.05, 0.1) is 11.4 Å². The third kappa shape index (κ3) is 3.52. The molecule has 3 heterocycles. The molecule has 9 heteroatoms. The Balaban J connectivity index is 1.83. The van der Waals surface area contributed by atoms with Crippen LogP contribution in [0.4, 0.5) is 0 Å². The Morgan fingerprint density at radius 1 is 1.17 bits per heavy atom. The van der Waals surface area contributed by atoms with Gasteiger partial charge in [-0.05, 0) is 29.3 Å². The van der Waals surface area contributed by atoms with Gasteiger partial charge in [0.25, 0.3) is 15.9 Å². The molecule has 0 saturated carbocycles. The van der Waals surface area contributed by atoms with Crippen LogP contribution in [0.2, 0.25) is 0 Å². The molecule has 0 amide bonds. The lowest BCUT2D eigenvalue weighted by molar-refractivity contribution is 0.358. The van der Waals surface area contributed by atoms with Crippen LogP contribution in [0, 0.1) is 0 Å². The highest BCUT2D eigenvalue weighted by Gasteiger charge is 2.26. The van der Waals surface area contributed by atoms with Gasteiger partial charge in [0.1, 0.15) is 4.21 Å². The molecule has 0 radical (unpaired) electrons. The molecule has 0 unspecified atom stereocenters. The van der Waals surface area contributed by atoms with E-state index in [4.69, 9.17) is 4.42 Å². The summed E-state index contributed by atoms with van der Waals surface area (Å²) in [6.07, 6.45) is 0.705. The molecule has 0 N–H and O–H groups in total. The van der Waals surface area contributed by atoms with E-state index in [1.165, 1.54) is 27.0 Å². The van der Waals surface area contributed by atoms with Gasteiger partial charge in [-0.15, -0.1) is 32.9 Å². The number of nitrogens with zero attached hydrogens (tertiary/aromatic N) is 3. The lowest BCUT2D eigenvalue weighted by atomic mass is 10.5. The summed E-state index contributed by atoms with van der Waals surface area (Å²) in [6, 6.07) is 7.11. The van der Waals surface area contributed by atoms with Crippen LogP contribution in [0.25, 0.3) is 10.8 Å². The van der Waals surface area contributed by atoms with Gasteiger partial charge in [-0.2, -0.15) is 4.31 Å². The fourth-order valence-electron chi connectivity index (χ4n) is 2.04. The predicted octanol–water partition coefficient (Wildman–Crippen LogP) is 3.46. The van der Waals surface area contributed by atoms with Gasteiger partial charge < -0.3 is 4.42 Å². The molecular weight excluding hydrogens is 354 g/mol. The third-order valence-corrected chi connectivity index (χ3v) is 7.15. The molecule has 122 valence electrons. The fourth-order valence-corrected chi connectivity index (χ4v) is 5.31. The van der Waals surface area contributed by atoms with Crippen molar-refractivity contribution in [1.29, 1.82) is 0 Å². The zero-order chi connectivity index (χ0) is 16.3. The maximum atomic E-state index is 12.7. The minimum absolute atomic E-state index is 0.0758. The number of sulfonamides is 1. The van der Waals surface area contributed by atoms with Crippen LogP contribution in [-0.4, -0.2) is 29.5 Å². The highest BCUT2D eigenvalue weighted by Crippen LogP contribution is 2.25. The van der Waals surface area contributed by atoms with E-state index in [2.05, 4.69) is 10.2 Å². The van der Waals surface area contributed by atoms with Crippen LogP contribution >= 0.6 is 22.7 Å². The molecule has 0 aromatic carbocycles. The molecule has 0 aliphatic heterocycles. The molecule has 0 aliphatic rings. The Kier molecular flexibility index (Phi) is 4.90. The topological polar surface area (TPSA) is 76.3 Å². The Hall–Kier alpha value is -1.55. The van der Waals surface area contributed by atoms with Crippen LogP contribution in [0.3, 0.4) is 0 Å². The quantitative estimate of drug-likeness (QED) is 0.637. The Labute approximate surface area is 142 Å². The van der Waals surface area contributed by atoms with Crippen molar-refractivity contribution in [2.45, 2.75) is 24.1 Å². The van der Waals surface area contributed by atoms with Crippen LogP contribution in [0.1, 0.15) is 19.2 Å². The number of aromatic nitrogens is 2. The molecule has 0 fully saturated rings. The van der Waals surface area contributed by atoms with Gasteiger partial charge in [-0.1, -0.05) is 19.1 Å². The molecule has 23 heavy (non-hydrogen) atoms. The van der Waals surface area contributed by atoms with Crippen LogP contribution in [0.5, 0.6) is 0 Å². The lowest BCUT2D eigenvalue weighted by Crippen LogP contribution is -2.31. The zero-order valence-corrected chi connectivity index (χ0v) is 14.8. The van der Waals surface area contributed by atoms with E-state index >= 15 is 0 Å². The van der Waals surface area contributed by atoms with Gasteiger partial charge in [0, 0.05) is 6.54 Å². The summed E-state index contributed by atoms with van der Waals surface area (Å²) >= 11 is 2.70. The molecule has 0 aliphatic carbocycles. The van der Waals surface area contributed by atoms with Gasteiger partial charge in [-0.25, -0.2) is 8.42 Å². The van der Waals surface area contributed by atoms with Crippen molar-refractivity contribution in [2.24, 2.45) is 0 Å². The minimum Gasteiger partial charge on any atom is -0.418 e. The number of thiophene rings is 2. The van der Waals surface area contributed by atoms with Crippen LogP contribution in [0.15, 0.2) is 43.7 Å². The summed E-state index contributed by atoms with van der Waals surface area (Å²) in [5.74, 6) is 0.710. The first-order valence-electron chi connectivity index (χ1n) is 7.01. The first-order valence-corrected chi connectivity index (χ1v) is 10.2. The number of hydrogen-bond acceptors (Lipinski definition) is 7. The van der Waals surface area contributed by atoms with E-state index < -0.39 is 10.0 Å². The summed E-state index contributed by atoms with van der Waals surface area (Å²) in [6.45, 7) is 2.41. The molecule has 6 nitrogen and oxygen atoms in total. The molecule has 0 spiro atoms. The Morgan fingerprint density at radius 2 is 1.96 bits per heavy atom. The molecule has 3 aromatic heterocycles. The van der Waals surface area contributed by atoms with Crippen molar-refractivity contribution in [2.75, 3.05) is 6.54 Å². The molecule has 3 aromatic rings. The maximum absolute atomic E-state index is 12.7. The highest BCUT2D eigenvalue weighted by atomic mass is 32.2. The molecule has 0 saturated heterocycles. The summed E-state index contributed by atoms with van der Waals surface area (Å²) in [5, 5.41) is 11.6. The maximum Gasteiger partial charge on any atom is 0.257 e. The highest BCUT2D eigenvalue weighted by molar-refractivity contribution is 7.91. The minimum atomic E-state index is -3.54. The average Bonchev–Trinajstić information content (AvgIpc) is 3.27. The summed E-state index contributed by atoms with van der Waals surface area (Å²) in [5.41, 5.74) is 0. The third-order valence-electron chi connectivity index (χ3n) is 3.07. The van der Waals surface area contributed by atoms with Gasteiger partial charge in [0.2, 0.25) is 5.89 Å². The SMILES string of the molecule is CCCN(Cc1nnc(-c2cccs2)o1)S(=O)(=O)c1cccs1.